The van der Waals surface area contributed by atoms with Crippen LogP contribution in [0.15, 0.2) is 38.1 Å². The number of nitrogens with zero attached hydrogens (tertiary/aromatic N) is 4. The Hall–Kier alpha value is -2.74. The van der Waals surface area contributed by atoms with Crippen LogP contribution in [0.1, 0.15) is 18.1 Å². The zero-order valence-corrected chi connectivity index (χ0v) is 15.2. The number of hydrogen-bond acceptors (Lipinski definition) is 7. The average Bonchev–Trinajstić information content (AvgIpc) is 2.56. The van der Waals surface area contributed by atoms with Crippen molar-refractivity contribution in [2.75, 3.05) is 0 Å². The van der Waals surface area contributed by atoms with Crippen molar-refractivity contribution in [1.82, 2.24) is 4.57 Å². The van der Waals surface area contributed by atoms with E-state index in [1.165, 1.54) is 19.1 Å². The zero-order chi connectivity index (χ0) is 19.6. The molecule has 2 aromatic rings. The maximum absolute atomic E-state index is 12.4. The van der Waals surface area contributed by atoms with E-state index in [1.807, 2.05) is 0 Å². The first-order valence-corrected chi connectivity index (χ1v) is 8.98. The summed E-state index contributed by atoms with van der Waals surface area (Å²) in [6.07, 6.45) is 0. The van der Waals surface area contributed by atoms with Crippen molar-refractivity contribution < 1.29 is 18.1 Å². The molecule has 1 heterocycles. The van der Waals surface area contributed by atoms with Gasteiger partial charge in [-0.25, -0.2) is 0 Å². The molecule has 26 heavy (non-hydrogen) atoms. The predicted octanol–water partition coefficient (Wildman–Crippen LogP) is 3.07. The van der Waals surface area contributed by atoms with E-state index in [1.54, 1.807) is 13.0 Å². The standard InChI is InChI=1S/C15H13ClN4O5S/c1-3-20-14(21)10(7-17)8(2)13(15(20)22)19-18-9-4-5-11(16)12(6-9)26(23,24)25/h4-6,21H,3H2,1-2H3,(H,23,24,25). The maximum atomic E-state index is 12.4. The SMILES string of the molecule is CCn1c(O)c(C#N)c(C)c(N=Nc2ccc(Cl)c(S(=O)(=O)O)c2)c1=O. The van der Waals surface area contributed by atoms with E-state index in [0.29, 0.717) is 0 Å². The minimum atomic E-state index is -4.56. The van der Waals surface area contributed by atoms with E-state index in [-0.39, 0.29) is 34.1 Å². The van der Waals surface area contributed by atoms with Crippen LogP contribution in [-0.4, -0.2) is 22.6 Å². The van der Waals surface area contributed by atoms with Gasteiger partial charge in [-0.05, 0) is 32.0 Å². The molecule has 0 atom stereocenters. The van der Waals surface area contributed by atoms with E-state index in [9.17, 15) is 18.3 Å². The summed E-state index contributed by atoms with van der Waals surface area (Å²) in [6, 6.07) is 5.32. The van der Waals surface area contributed by atoms with Gasteiger partial charge < -0.3 is 5.11 Å². The van der Waals surface area contributed by atoms with E-state index < -0.39 is 26.5 Å². The van der Waals surface area contributed by atoms with Crippen LogP contribution < -0.4 is 5.56 Å². The third-order valence-corrected chi connectivity index (χ3v) is 4.88. The van der Waals surface area contributed by atoms with Crippen LogP contribution >= 0.6 is 11.6 Å². The van der Waals surface area contributed by atoms with Crippen LogP contribution in [-0.2, 0) is 16.7 Å². The van der Waals surface area contributed by atoms with Gasteiger partial charge in [0.15, 0.2) is 5.69 Å². The summed E-state index contributed by atoms with van der Waals surface area (Å²) in [7, 11) is -4.56. The number of azo groups is 1. The third-order valence-electron chi connectivity index (χ3n) is 3.54. The van der Waals surface area contributed by atoms with Crippen molar-refractivity contribution in [2.45, 2.75) is 25.3 Å². The maximum Gasteiger partial charge on any atom is 0.296 e. The van der Waals surface area contributed by atoms with Crippen molar-refractivity contribution >= 4 is 33.1 Å². The van der Waals surface area contributed by atoms with E-state index >= 15 is 0 Å². The number of hydrogen-bond donors (Lipinski definition) is 2. The fourth-order valence-corrected chi connectivity index (χ4v) is 3.20. The number of nitriles is 1. The van der Waals surface area contributed by atoms with Crippen molar-refractivity contribution in [2.24, 2.45) is 10.2 Å². The van der Waals surface area contributed by atoms with Gasteiger partial charge in [-0.2, -0.15) is 18.8 Å². The molecular formula is C15H13ClN4O5S. The summed E-state index contributed by atoms with van der Waals surface area (Å²) in [6.45, 7) is 3.14. The summed E-state index contributed by atoms with van der Waals surface area (Å²) in [4.78, 5) is 11.8. The molecule has 0 amide bonds. The highest BCUT2D eigenvalue weighted by atomic mass is 35.5. The average molecular weight is 397 g/mol. The van der Waals surface area contributed by atoms with Crippen LogP contribution in [0.3, 0.4) is 0 Å². The van der Waals surface area contributed by atoms with Crippen LogP contribution in [0.4, 0.5) is 11.4 Å². The van der Waals surface area contributed by atoms with Gasteiger partial charge in [-0.3, -0.25) is 13.9 Å². The molecule has 0 aliphatic carbocycles. The fraction of sp³-hybridized carbons (Fsp3) is 0.200. The molecule has 11 heteroatoms. The van der Waals surface area contributed by atoms with Gasteiger partial charge in [-0.1, -0.05) is 11.6 Å². The van der Waals surface area contributed by atoms with Gasteiger partial charge in [0.05, 0.1) is 10.7 Å². The molecule has 2 rings (SSSR count). The Morgan fingerprint density at radius 1 is 1.35 bits per heavy atom. The van der Waals surface area contributed by atoms with E-state index in [2.05, 4.69) is 10.2 Å². The Labute approximate surface area is 153 Å². The Balaban J connectivity index is 2.63. The lowest BCUT2D eigenvalue weighted by Gasteiger charge is -2.10. The summed E-state index contributed by atoms with van der Waals surface area (Å²) in [5, 5.41) is 26.5. The number of halogens is 1. The first-order valence-electron chi connectivity index (χ1n) is 7.17. The van der Waals surface area contributed by atoms with E-state index in [4.69, 9.17) is 21.4 Å². The second kappa shape index (κ2) is 7.25. The van der Waals surface area contributed by atoms with Crippen LogP contribution in [0.5, 0.6) is 5.88 Å². The van der Waals surface area contributed by atoms with Crippen LogP contribution in [0, 0.1) is 18.3 Å². The van der Waals surface area contributed by atoms with Crippen LogP contribution in [0.25, 0.3) is 0 Å². The first-order chi connectivity index (χ1) is 12.1. The minimum absolute atomic E-state index is 0.00968. The molecule has 136 valence electrons. The lowest BCUT2D eigenvalue weighted by atomic mass is 10.1. The monoisotopic (exact) mass is 396 g/mol. The van der Waals surface area contributed by atoms with Crippen molar-refractivity contribution in [3.8, 4) is 11.9 Å². The lowest BCUT2D eigenvalue weighted by molar-refractivity contribution is 0.409. The molecule has 0 unspecified atom stereocenters. The molecule has 0 fully saturated rings. The molecule has 1 aromatic carbocycles. The largest absolute Gasteiger partial charge is 0.493 e. The quantitative estimate of drug-likeness (QED) is 0.599. The highest BCUT2D eigenvalue weighted by Crippen LogP contribution is 2.29. The molecule has 0 radical (unpaired) electrons. The number of benzene rings is 1. The summed E-state index contributed by atoms with van der Waals surface area (Å²) < 4.78 is 32.6. The highest BCUT2D eigenvalue weighted by molar-refractivity contribution is 7.86. The molecule has 0 aliphatic rings. The summed E-state index contributed by atoms with van der Waals surface area (Å²) in [5.41, 5.74) is -0.809. The Morgan fingerprint density at radius 3 is 2.54 bits per heavy atom. The van der Waals surface area contributed by atoms with E-state index in [0.717, 1.165) is 10.6 Å². The highest BCUT2D eigenvalue weighted by Gasteiger charge is 2.19. The molecule has 0 aliphatic heterocycles. The smallest absolute Gasteiger partial charge is 0.296 e. The molecule has 0 bridgehead atoms. The van der Waals surface area contributed by atoms with Gasteiger partial charge >= 0.3 is 0 Å². The molecule has 0 saturated heterocycles. The topological polar surface area (TPSA) is 145 Å². The second-order valence-electron chi connectivity index (χ2n) is 5.12. The van der Waals surface area contributed by atoms with Crippen molar-refractivity contribution in [3.05, 3.63) is 44.7 Å². The number of aromatic hydroxyl groups is 1. The Bertz CT molecular complexity index is 1120. The van der Waals surface area contributed by atoms with Crippen molar-refractivity contribution in [3.63, 3.8) is 0 Å². The van der Waals surface area contributed by atoms with Gasteiger partial charge in [-0.15, -0.1) is 5.11 Å². The first kappa shape index (κ1) is 19.6. The summed E-state index contributed by atoms with van der Waals surface area (Å²) in [5.74, 6) is -0.461. The molecule has 9 nitrogen and oxygen atoms in total. The normalized spacial score (nSPS) is 11.7. The third kappa shape index (κ3) is 3.60. The van der Waals surface area contributed by atoms with Gasteiger partial charge in [0.2, 0.25) is 5.88 Å². The number of pyridine rings is 1. The number of rotatable bonds is 4. The van der Waals surface area contributed by atoms with Gasteiger partial charge in [0.25, 0.3) is 15.7 Å². The molecule has 0 spiro atoms. The molecule has 0 saturated carbocycles. The second-order valence-corrected chi connectivity index (χ2v) is 6.92. The van der Waals surface area contributed by atoms with Crippen molar-refractivity contribution in [1.29, 1.82) is 5.26 Å². The number of aromatic nitrogens is 1. The van der Waals surface area contributed by atoms with Gasteiger partial charge in [0, 0.05) is 12.1 Å². The molecule has 2 N–H and O–H groups in total. The van der Waals surface area contributed by atoms with Crippen LogP contribution in [0.2, 0.25) is 5.02 Å². The lowest BCUT2D eigenvalue weighted by Crippen LogP contribution is -2.20. The molecule has 1 aromatic heterocycles. The van der Waals surface area contributed by atoms with Gasteiger partial charge in [0.1, 0.15) is 16.5 Å². The minimum Gasteiger partial charge on any atom is -0.493 e. The zero-order valence-electron chi connectivity index (χ0n) is 13.6. The fourth-order valence-electron chi connectivity index (χ4n) is 2.21. The predicted molar refractivity (Wildman–Crippen MR) is 92.9 cm³/mol. The Kier molecular flexibility index (Phi) is 5.46. The molecular weight excluding hydrogens is 384 g/mol. The Morgan fingerprint density at radius 2 is 2.00 bits per heavy atom. The summed E-state index contributed by atoms with van der Waals surface area (Å²) >= 11 is 5.72.